The number of aryl methyl sites for hydroxylation is 4. The standard InChI is InChI=1S/C31H26O8/c1-14-9-19-22(11-16(14)3)38-30(34)26(28(19)32)25(18-5-6-21-24(13-18)37-8-7-36-21)27-29(33)20-10-15(2)17(4)12-23(20)39-31(27)35/h5-6,9-13,25,32-33H,7-8H2,1-4H3. The lowest BCUT2D eigenvalue weighted by Gasteiger charge is -2.23. The summed E-state index contributed by atoms with van der Waals surface area (Å²) in [6.45, 7) is 8.22. The van der Waals surface area contributed by atoms with Gasteiger partial charge in [-0.05, 0) is 91.9 Å². The first-order valence-corrected chi connectivity index (χ1v) is 12.6. The molecule has 0 spiro atoms. The lowest BCUT2D eigenvalue weighted by Crippen LogP contribution is -2.22. The van der Waals surface area contributed by atoms with Crippen LogP contribution in [0.2, 0.25) is 0 Å². The van der Waals surface area contributed by atoms with Crippen molar-refractivity contribution in [2.45, 2.75) is 33.6 Å². The molecule has 0 aliphatic carbocycles. The van der Waals surface area contributed by atoms with Crippen molar-refractivity contribution in [3.63, 3.8) is 0 Å². The van der Waals surface area contributed by atoms with E-state index < -0.39 is 17.2 Å². The average molecular weight is 527 g/mol. The molecule has 0 saturated carbocycles. The van der Waals surface area contributed by atoms with Gasteiger partial charge in [-0.3, -0.25) is 0 Å². The molecule has 0 unspecified atom stereocenters. The molecule has 0 bridgehead atoms. The quantitative estimate of drug-likeness (QED) is 0.296. The van der Waals surface area contributed by atoms with Crippen molar-refractivity contribution in [3.8, 4) is 23.0 Å². The van der Waals surface area contributed by atoms with Gasteiger partial charge >= 0.3 is 11.3 Å². The first-order valence-electron chi connectivity index (χ1n) is 12.6. The fourth-order valence-corrected chi connectivity index (χ4v) is 5.14. The van der Waals surface area contributed by atoms with Gasteiger partial charge in [0.05, 0.1) is 27.8 Å². The van der Waals surface area contributed by atoms with Gasteiger partial charge in [-0.25, -0.2) is 9.59 Å². The highest BCUT2D eigenvalue weighted by atomic mass is 16.6. The Balaban J connectivity index is 1.71. The molecule has 3 aromatic carbocycles. The number of hydrogen-bond donors (Lipinski definition) is 2. The van der Waals surface area contributed by atoms with E-state index >= 15 is 0 Å². The van der Waals surface area contributed by atoms with Gasteiger partial charge in [0.15, 0.2) is 11.5 Å². The second kappa shape index (κ2) is 8.94. The predicted molar refractivity (Wildman–Crippen MR) is 146 cm³/mol. The van der Waals surface area contributed by atoms with Crippen LogP contribution in [-0.2, 0) is 0 Å². The lowest BCUT2D eigenvalue weighted by atomic mass is 9.84. The zero-order valence-electron chi connectivity index (χ0n) is 21.9. The average Bonchev–Trinajstić information content (AvgIpc) is 2.90. The number of hydrogen-bond acceptors (Lipinski definition) is 8. The van der Waals surface area contributed by atoms with Gasteiger partial charge in [0.25, 0.3) is 0 Å². The molecule has 0 saturated heterocycles. The van der Waals surface area contributed by atoms with Crippen molar-refractivity contribution in [2.24, 2.45) is 0 Å². The summed E-state index contributed by atoms with van der Waals surface area (Å²) in [7, 11) is 0. The van der Waals surface area contributed by atoms with E-state index in [2.05, 4.69) is 0 Å². The van der Waals surface area contributed by atoms with E-state index in [1.807, 2.05) is 27.7 Å². The molecule has 3 heterocycles. The molecule has 198 valence electrons. The molecular weight excluding hydrogens is 500 g/mol. The summed E-state index contributed by atoms with van der Waals surface area (Å²) >= 11 is 0. The van der Waals surface area contributed by atoms with Gasteiger partial charge in [-0.2, -0.15) is 0 Å². The Morgan fingerprint density at radius 3 is 1.62 bits per heavy atom. The van der Waals surface area contributed by atoms with Gasteiger partial charge in [-0.15, -0.1) is 0 Å². The summed E-state index contributed by atoms with van der Waals surface area (Å²) in [5.74, 6) is -1.02. The van der Waals surface area contributed by atoms with Crippen molar-refractivity contribution in [1.29, 1.82) is 0 Å². The number of benzene rings is 3. The molecule has 8 nitrogen and oxygen atoms in total. The Kier molecular flexibility index (Phi) is 5.64. The van der Waals surface area contributed by atoms with E-state index in [1.54, 1.807) is 42.5 Å². The normalized spacial score (nSPS) is 12.9. The molecule has 1 aliphatic rings. The van der Waals surface area contributed by atoms with Crippen molar-refractivity contribution >= 4 is 21.9 Å². The van der Waals surface area contributed by atoms with Crippen LogP contribution in [0.1, 0.15) is 44.9 Å². The van der Waals surface area contributed by atoms with Crippen LogP contribution >= 0.6 is 0 Å². The van der Waals surface area contributed by atoms with E-state index in [4.69, 9.17) is 18.3 Å². The Morgan fingerprint density at radius 2 is 1.10 bits per heavy atom. The monoisotopic (exact) mass is 526 g/mol. The number of aromatic hydroxyl groups is 2. The molecule has 0 radical (unpaired) electrons. The minimum atomic E-state index is -1.25. The van der Waals surface area contributed by atoms with Crippen LogP contribution in [0.15, 0.2) is 60.9 Å². The largest absolute Gasteiger partial charge is 0.507 e. The lowest BCUT2D eigenvalue weighted by molar-refractivity contribution is 0.171. The number of rotatable bonds is 3. The predicted octanol–water partition coefficient (Wildman–Crippen LogP) is 5.50. The van der Waals surface area contributed by atoms with Crippen LogP contribution < -0.4 is 20.7 Å². The Labute approximate surface area is 222 Å². The van der Waals surface area contributed by atoms with E-state index in [9.17, 15) is 19.8 Å². The second-order valence-corrected chi connectivity index (χ2v) is 10.0. The molecule has 39 heavy (non-hydrogen) atoms. The highest BCUT2D eigenvalue weighted by molar-refractivity contribution is 5.88. The molecule has 6 rings (SSSR count). The number of fused-ring (bicyclic) bond motifs is 3. The van der Waals surface area contributed by atoms with Gasteiger partial charge in [0.1, 0.15) is 35.9 Å². The molecular formula is C31H26O8. The van der Waals surface area contributed by atoms with Crippen molar-refractivity contribution in [3.05, 3.63) is 102 Å². The van der Waals surface area contributed by atoms with Crippen LogP contribution in [0.5, 0.6) is 23.0 Å². The molecule has 0 amide bonds. The maximum Gasteiger partial charge on any atom is 0.344 e. The van der Waals surface area contributed by atoms with Crippen LogP contribution in [-0.4, -0.2) is 23.4 Å². The fraction of sp³-hybridized carbons (Fsp3) is 0.226. The van der Waals surface area contributed by atoms with Crippen LogP contribution in [0.3, 0.4) is 0 Å². The van der Waals surface area contributed by atoms with Gasteiger partial charge in [0, 0.05) is 0 Å². The third kappa shape index (κ3) is 3.91. The maximum atomic E-state index is 13.5. The minimum absolute atomic E-state index is 0.201. The fourth-order valence-electron chi connectivity index (χ4n) is 5.14. The molecule has 2 aromatic heterocycles. The molecule has 8 heteroatoms. The van der Waals surface area contributed by atoms with Crippen LogP contribution in [0, 0.1) is 27.7 Å². The summed E-state index contributed by atoms with van der Waals surface area (Å²) in [5.41, 5.74) is 2.28. The third-order valence-electron chi connectivity index (χ3n) is 7.53. The summed E-state index contributed by atoms with van der Waals surface area (Å²) in [6.07, 6.45) is 0. The SMILES string of the molecule is Cc1cc2oc(=O)c(C(c3ccc4c(c3)OCCO4)c3c(O)c4cc(C)c(C)cc4oc3=O)c(O)c2cc1C. The molecule has 1 aliphatic heterocycles. The minimum Gasteiger partial charge on any atom is -0.507 e. The maximum absolute atomic E-state index is 13.5. The molecule has 5 aromatic rings. The summed E-state index contributed by atoms with van der Waals surface area (Å²) in [4.78, 5) is 27.0. The van der Waals surface area contributed by atoms with Crippen molar-refractivity contribution < 1.29 is 28.5 Å². The van der Waals surface area contributed by atoms with E-state index in [0.717, 1.165) is 22.3 Å². The van der Waals surface area contributed by atoms with E-state index in [1.165, 1.54) is 0 Å². The zero-order valence-corrected chi connectivity index (χ0v) is 21.9. The molecule has 2 N–H and O–H groups in total. The highest BCUT2D eigenvalue weighted by Crippen LogP contribution is 2.44. The molecule has 0 atom stereocenters. The Hall–Kier alpha value is -4.72. The summed E-state index contributed by atoms with van der Waals surface area (Å²) in [5, 5.41) is 23.7. The summed E-state index contributed by atoms with van der Waals surface area (Å²) < 4.78 is 22.7. The second-order valence-electron chi connectivity index (χ2n) is 10.0. The first kappa shape index (κ1) is 24.6. The summed E-state index contributed by atoms with van der Waals surface area (Å²) in [6, 6.07) is 11.8. The first-order chi connectivity index (χ1) is 18.6. The van der Waals surface area contributed by atoms with Crippen LogP contribution in [0.25, 0.3) is 21.9 Å². The smallest absolute Gasteiger partial charge is 0.344 e. The van der Waals surface area contributed by atoms with Crippen molar-refractivity contribution in [1.82, 2.24) is 0 Å². The zero-order chi connectivity index (χ0) is 27.6. The van der Waals surface area contributed by atoms with Gasteiger partial charge < -0.3 is 28.5 Å². The Bertz CT molecular complexity index is 1820. The van der Waals surface area contributed by atoms with Crippen molar-refractivity contribution in [2.75, 3.05) is 13.2 Å². The third-order valence-corrected chi connectivity index (χ3v) is 7.53. The highest BCUT2D eigenvalue weighted by Gasteiger charge is 2.33. The van der Waals surface area contributed by atoms with Crippen LogP contribution in [0.4, 0.5) is 0 Å². The van der Waals surface area contributed by atoms with Gasteiger partial charge in [-0.1, -0.05) is 6.07 Å². The number of ether oxygens (including phenoxy) is 2. The topological polar surface area (TPSA) is 119 Å². The molecule has 0 fully saturated rings. The van der Waals surface area contributed by atoms with E-state index in [0.29, 0.717) is 41.0 Å². The van der Waals surface area contributed by atoms with E-state index in [-0.39, 0.29) is 33.8 Å². The van der Waals surface area contributed by atoms with Gasteiger partial charge in [0.2, 0.25) is 0 Å². The Morgan fingerprint density at radius 1 is 0.641 bits per heavy atom.